The number of benzene rings is 2. The van der Waals surface area contributed by atoms with Crippen LogP contribution in [0.5, 0.6) is 0 Å². The second-order valence-corrected chi connectivity index (χ2v) is 7.75. The summed E-state index contributed by atoms with van der Waals surface area (Å²) in [6, 6.07) is 14.3. The van der Waals surface area contributed by atoms with E-state index in [1.165, 1.54) is 5.56 Å². The number of nitrogens with one attached hydrogen (secondary N) is 1. The molecule has 0 saturated heterocycles. The maximum absolute atomic E-state index is 12.9. The van der Waals surface area contributed by atoms with Crippen molar-refractivity contribution in [3.05, 3.63) is 59.7 Å². The van der Waals surface area contributed by atoms with Gasteiger partial charge in [0, 0.05) is 23.5 Å². The van der Waals surface area contributed by atoms with Gasteiger partial charge in [-0.25, -0.2) is 0 Å². The summed E-state index contributed by atoms with van der Waals surface area (Å²) in [5.74, 6) is -0.320. The van der Waals surface area contributed by atoms with Crippen molar-refractivity contribution in [2.45, 2.75) is 33.2 Å². The maximum Gasteiger partial charge on any atom is 0.258 e. The van der Waals surface area contributed by atoms with E-state index in [4.69, 9.17) is 5.73 Å². The first-order valence-electron chi connectivity index (χ1n) is 8.83. The Bertz CT molecular complexity index is 839. The summed E-state index contributed by atoms with van der Waals surface area (Å²) in [5.41, 5.74) is 8.93. The van der Waals surface area contributed by atoms with Crippen LogP contribution in [-0.4, -0.2) is 24.4 Å². The zero-order chi connectivity index (χ0) is 18.9. The molecule has 0 saturated carbocycles. The van der Waals surface area contributed by atoms with Crippen LogP contribution in [-0.2, 0) is 11.2 Å². The summed E-state index contributed by atoms with van der Waals surface area (Å²) in [6.45, 7) is 6.43. The van der Waals surface area contributed by atoms with Gasteiger partial charge in [0.15, 0.2) is 0 Å². The largest absolute Gasteiger partial charge is 0.325 e. The molecule has 136 valence electrons. The second-order valence-electron chi connectivity index (χ2n) is 7.75. The molecular formula is C21H25N3O2. The normalized spacial score (nSPS) is 14.7. The van der Waals surface area contributed by atoms with Crippen LogP contribution in [0.25, 0.3) is 0 Å². The molecule has 0 unspecified atom stereocenters. The van der Waals surface area contributed by atoms with Crippen molar-refractivity contribution in [3.8, 4) is 0 Å². The molecule has 5 heteroatoms. The zero-order valence-electron chi connectivity index (χ0n) is 15.5. The van der Waals surface area contributed by atoms with E-state index in [1.807, 2.05) is 45.0 Å². The number of carbonyl (C=O) groups is 2. The Kier molecular flexibility index (Phi) is 4.83. The minimum atomic E-state index is -0.632. The molecule has 3 rings (SSSR count). The molecule has 1 aliphatic heterocycles. The molecule has 1 atom stereocenters. The van der Waals surface area contributed by atoms with Crippen molar-refractivity contribution in [3.63, 3.8) is 0 Å². The summed E-state index contributed by atoms with van der Waals surface area (Å²) in [6.07, 6.45) is 0.860. The summed E-state index contributed by atoms with van der Waals surface area (Å²) < 4.78 is 0. The first-order valence-corrected chi connectivity index (χ1v) is 8.83. The molecule has 0 spiro atoms. The third-order valence-electron chi connectivity index (χ3n) is 4.72. The van der Waals surface area contributed by atoms with Crippen molar-refractivity contribution in [2.24, 2.45) is 11.1 Å². The first-order chi connectivity index (χ1) is 12.3. The third kappa shape index (κ3) is 3.63. The molecule has 0 bridgehead atoms. The number of para-hydroxylation sites is 1. The van der Waals surface area contributed by atoms with Gasteiger partial charge in [-0.2, -0.15) is 0 Å². The summed E-state index contributed by atoms with van der Waals surface area (Å²) >= 11 is 0. The molecule has 0 radical (unpaired) electrons. The highest BCUT2D eigenvalue weighted by Gasteiger charge is 2.28. The number of fused-ring (bicyclic) bond motifs is 1. The molecule has 1 aliphatic rings. The molecule has 3 N–H and O–H groups in total. The van der Waals surface area contributed by atoms with Crippen molar-refractivity contribution in [2.75, 3.05) is 16.8 Å². The van der Waals surface area contributed by atoms with Crippen LogP contribution >= 0.6 is 0 Å². The minimum Gasteiger partial charge on any atom is -0.325 e. The van der Waals surface area contributed by atoms with Gasteiger partial charge in [-0.3, -0.25) is 9.59 Å². The average Bonchev–Trinajstić information content (AvgIpc) is 3.04. The summed E-state index contributed by atoms with van der Waals surface area (Å²) in [7, 11) is 0. The van der Waals surface area contributed by atoms with Gasteiger partial charge in [-0.15, -0.1) is 0 Å². The van der Waals surface area contributed by atoms with Gasteiger partial charge < -0.3 is 16.0 Å². The molecule has 2 amide bonds. The van der Waals surface area contributed by atoms with E-state index in [-0.39, 0.29) is 17.2 Å². The molecule has 26 heavy (non-hydrogen) atoms. The van der Waals surface area contributed by atoms with Gasteiger partial charge >= 0.3 is 0 Å². The van der Waals surface area contributed by atoms with E-state index in [0.717, 1.165) is 12.1 Å². The van der Waals surface area contributed by atoms with Gasteiger partial charge in [0.05, 0.1) is 6.04 Å². The summed E-state index contributed by atoms with van der Waals surface area (Å²) in [4.78, 5) is 27.0. The first kappa shape index (κ1) is 18.1. The topological polar surface area (TPSA) is 75.4 Å². The predicted molar refractivity (Wildman–Crippen MR) is 104 cm³/mol. The molecule has 5 nitrogen and oxygen atoms in total. The van der Waals surface area contributed by atoms with Gasteiger partial charge in [-0.05, 0) is 41.7 Å². The molecule has 0 aliphatic carbocycles. The van der Waals surface area contributed by atoms with Crippen LogP contribution in [0.4, 0.5) is 11.4 Å². The Morgan fingerprint density at radius 3 is 2.58 bits per heavy atom. The second kappa shape index (κ2) is 6.92. The highest BCUT2D eigenvalue weighted by atomic mass is 16.2. The van der Waals surface area contributed by atoms with E-state index in [2.05, 4.69) is 5.32 Å². The molecule has 2 aromatic rings. The van der Waals surface area contributed by atoms with Gasteiger partial charge in [0.2, 0.25) is 5.91 Å². The van der Waals surface area contributed by atoms with Crippen LogP contribution in [0.2, 0.25) is 0 Å². The van der Waals surface area contributed by atoms with Crippen LogP contribution in [0.15, 0.2) is 48.5 Å². The van der Waals surface area contributed by atoms with Crippen molar-refractivity contribution < 1.29 is 9.59 Å². The average molecular weight is 351 g/mol. The Morgan fingerprint density at radius 1 is 1.12 bits per heavy atom. The lowest BCUT2D eigenvalue weighted by Gasteiger charge is -2.26. The number of amides is 2. The number of carbonyl (C=O) groups excluding carboxylic acids is 2. The van der Waals surface area contributed by atoms with E-state index < -0.39 is 6.04 Å². The van der Waals surface area contributed by atoms with Gasteiger partial charge in [-0.1, -0.05) is 45.0 Å². The monoisotopic (exact) mass is 351 g/mol. The minimum absolute atomic E-state index is 0.0637. The highest BCUT2D eigenvalue weighted by molar-refractivity contribution is 6.08. The maximum atomic E-state index is 12.9. The molecule has 0 aromatic heterocycles. The fourth-order valence-electron chi connectivity index (χ4n) is 3.05. The Balaban J connectivity index is 1.78. The number of hydrogen-bond acceptors (Lipinski definition) is 3. The summed E-state index contributed by atoms with van der Waals surface area (Å²) in [5, 5.41) is 2.82. The molecule has 1 heterocycles. The number of nitrogens with two attached hydrogens (primary N) is 1. The van der Waals surface area contributed by atoms with Crippen LogP contribution in [0, 0.1) is 5.41 Å². The molecule has 2 aromatic carbocycles. The van der Waals surface area contributed by atoms with Crippen molar-refractivity contribution >= 4 is 23.2 Å². The predicted octanol–water partition coefficient (Wildman–Crippen LogP) is 3.20. The quantitative estimate of drug-likeness (QED) is 0.892. The molecular weight excluding hydrogens is 326 g/mol. The SMILES string of the molecule is CC(C)(C)[C@H](N)C(=O)Nc1cccc(C(=O)N2CCc3ccccc32)c1. The lowest BCUT2D eigenvalue weighted by atomic mass is 9.87. The Morgan fingerprint density at radius 2 is 1.85 bits per heavy atom. The molecule has 0 fully saturated rings. The zero-order valence-corrected chi connectivity index (χ0v) is 15.5. The Hall–Kier alpha value is -2.66. The van der Waals surface area contributed by atoms with E-state index in [9.17, 15) is 9.59 Å². The van der Waals surface area contributed by atoms with Crippen molar-refractivity contribution in [1.82, 2.24) is 0 Å². The fraction of sp³-hybridized carbons (Fsp3) is 0.333. The van der Waals surface area contributed by atoms with Crippen LogP contribution < -0.4 is 16.0 Å². The van der Waals surface area contributed by atoms with E-state index in [1.54, 1.807) is 29.2 Å². The fourth-order valence-corrected chi connectivity index (χ4v) is 3.05. The Labute approximate surface area is 154 Å². The highest BCUT2D eigenvalue weighted by Crippen LogP contribution is 2.29. The van der Waals surface area contributed by atoms with E-state index in [0.29, 0.717) is 17.8 Å². The van der Waals surface area contributed by atoms with E-state index >= 15 is 0 Å². The lowest BCUT2D eigenvalue weighted by molar-refractivity contribution is -0.119. The number of rotatable bonds is 3. The van der Waals surface area contributed by atoms with Crippen molar-refractivity contribution in [1.29, 1.82) is 0 Å². The van der Waals surface area contributed by atoms with Crippen LogP contribution in [0.3, 0.4) is 0 Å². The van der Waals surface area contributed by atoms with Gasteiger partial charge in [0.1, 0.15) is 0 Å². The van der Waals surface area contributed by atoms with Gasteiger partial charge in [0.25, 0.3) is 5.91 Å². The third-order valence-corrected chi connectivity index (χ3v) is 4.72. The number of anilines is 2. The number of hydrogen-bond donors (Lipinski definition) is 2. The standard InChI is InChI=1S/C21H25N3O2/c1-21(2,3)18(22)19(25)23-16-9-6-8-15(13-16)20(26)24-12-11-14-7-4-5-10-17(14)24/h4-10,13,18H,11-12,22H2,1-3H3,(H,23,25)/t18-/m1/s1. The smallest absolute Gasteiger partial charge is 0.258 e. The number of nitrogens with zero attached hydrogens (tertiary/aromatic N) is 1. The van der Waals surface area contributed by atoms with Crippen LogP contribution in [0.1, 0.15) is 36.7 Å². The lowest BCUT2D eigenvalue weighted by Crippen LogP contribution is -2.45.